The standard InChI is InChI=1S/C43H58O16/c1-20(2)27(49-11)26-28-37(7,29(55-33(26)47)23-15-16-53-18-23)30(56-32(46)21(3)4)31(50-12)43-38(8)24(17-25(45)48-10)36(6)19-40(38)42(52-14,34(36)54-22(5)44)35(51-13)41(28,43)58-39(9,57-40)59-43/h15-16,18,20-21,24,28-31,34-35H,17,19H2,1-14H3/t24?,28-,29+,30-,31+,34-,35-,36-,37-,38+,39-,40-,41-,42+,43+/m1/s1. The molecule has 7 fully saturated rings. The van der Waals surface area contributed by atoms with Gasteiger partial charge in [-0.3, -0.25) is 14.4 Å². The van der Waals surface area contributed by atoms with Gasteiger partial charge >= 0.3 is 23.9 Å². The van der Waals surface area contributed by atoms with E-state index in [0.717, 1.165) is 0 Å². The summed E-state index contributed by atoms with van der Waals surface area (Å²) in [6.07, 6.45) is -3.18. The first-order valence-corrected chi connectivity index (χ1v) is 20.3. The number of rotatable bonds is 11. The highest BCUT2D eigenvalue weighted by Gasteiger charge is 3.06. The highest BCUT2D eigenvalue weighted by molar-refractivity contribution is 5.92. The van der Waals surface area contributed by atoms with Gasteiger partial charge < -0.3 is 56.5 Å². The van der Waals surface area contributed by atoms with Crippen LogP contribution in [0.1, 0.15) is 86.8 Å². The normalized spacial score (nSPS) is 48.1. The van der Waals surface area contributed by atoms with Crippen molar-refractivity contribution in [3.63, 3.8) is 0 Å². The zero-order chi connectivity index (χ0) is 43.3. The molecule has 3 saturated heterocycles. The van der Waals surface area contributed by atoms with E-state index in [4.69, 9.17) is 56.5 Å². The van der Waals surface area contributed by atoms with Crippen molar-refractivity contribution in [2.24, 2.45) is 39.9 Å². The Kier molecular flexibility index (Phi) is 9.28. The van der Waals surface area contributed by atoms with E-state index >= 15 is 4.79 Å². The number of ether oxygens (including phenoxy) is 11. The second-order valence-corrected chi connectivity index (χ2v) is 18.8. The monoisotopic (exact) mass is 830 g/mol. The van der Waals surface area contributed by atoms with Crippen LogP contribution in [0, 0.1) is 39.9 Å². The molecule has 4 heterocycles. The lowest BCUT2D eigenvalue weighted by molar-refractivity contribution is -0.494. The molecule has 7 aliphatic rings. The van der Waals surface area contributed by atoms with Gasteiger partial charge in [0.1, 0.15) is 53.1 Å². The van der Waals surface area contributed by atoms with Crippen LogP contribution in [0.2, 0.25) is 0 Å². The summed E-state index contributed by atoms with van der Waals surface area (Å²) in [5, 5.41) is 0. The Morgan fingerprint density at radius 3 is 2.08 bits per heavy atom. The third-order valence-electron chi connectivity index (χ3n) is 15.7. The predicted octanol–water partition coefficient (Wildman–Crippen LogP) is 4.57. The largest absolute Gasteiger partial charge is 0.500 e. The third-order valence-corrected chi connectivity index (χ3v) is 15.7. The van der Waals surface area contributed by atoms with Crippen LogP contribution in [-0.4, -0.2) is 112 Å². The van der Waals surface area contributed by atoms with Gasteiger partial charge in [0, 0.05) is 69.8 Å². The van der Waals surface area contributed by atoms with Gasteiger partial charge in [-0.15, -0.1) is 0 Å². The van der Waals surface area contributed by atoms with Crippen LogP contribution in [0.5, 0.6) is 0 Å². The maximum Gasteiger partial charge on any atom is 0.338 e. The van der Waals surface area contributed by atoms with E-state index in [0.29, 0.717) is 5.56 Å². The van der Waals surface area contributed by atoms with Gasteiger partial charge in [-0.25, -0.2) is 4.79 Å². The SMILES string of the molecule is COC(=O)CC1[C@@]2(C)[C@]34C[C@@]1(C)[C@@H](OC(C)=O)[C@]3(OC)[C@H](OC)[C@@]13O[C@@](C)(O4)O[C@]12[C@@H](OC)[C@@H](OC(=O)C(C)C)[C@]1(C)[C@H]3C(=C(OC)C(C)C)C(=O)O[C@H]1c1ccoc1. The van der Waals surface area contributed by atoms with Crippen molar-refractivity contribution in [2.45, 2.75) is 134 Å². The first-order chi connectivity index (χ1) is 27.6. The molecule has 16 nitrogen and oxygen atoms in total. The maximum absolute atomic E-state index is 15.2. The predicted molar refractivity (Wildman–Crippen MR) is 200 cm³/mol. The topological polar surface area (TPSA) is 183 Å². The molecule has 4 bridgehead atoms. The maximum atomic E-state index is 15.2. The number of hydrogen-bond acceptors (Lipinski definition) is 16. The van der Waals surface area contributed by atoms with Crippen molar-refractivity contribution in [3.05, 3.63) is 35.5 Å². The van der Waals surface area contributed by atoms with Gasteiger partial charge in [0.25, 0.3) is 5.97 Å². The van der Waals surface area contributed by atoms with Gasteiger partial charge in [-0.2, -0.15) is 0 Å². The van der Waals surface area contributed by atoms with Crippen LogP contribution in [-0.2, 0) is 71.3 Å². The van der Waals surface area contributed by atoms with Crippen molar-refractivity contribution < 1.29 is 75.7 Å². The smallest absolute Gasteiger partial charge is 0.338 e. The molecular formula is C43H58O16. The molecule has 59 heavy (non-hydrogen) atoms. The molecule has 3 aliphatic heterocycles. The van der Waals surface area contributed by atoms with Gasteiger partial charge in [-0.1, -0.05) is 48.5 Å². The molecule has 0 radical (unpaired) electrons. The molecule has 1 aromatic heterocycles. The van der Waals surface area contributed by atoms with Crippen LogP contribution >= 0.6 is 0 Å². The Morgan fingerprint density at radius 2 is 1.56 bits per heavy atom. The van der Waals surface area contributed by atoms with Crippen molar-refractivity contribution in [2.75, 3.05) is 35.5 Å². The lowest BCUT2D eigenvalue weighted by atomic mass is 9.32. The molecule has 4 saturated carbocycles. The summed E-state index contributed by atoms with van der Waals surface area (Å²) in [5.74, 6) is -7.08. The minimum atomic E-state index is -1.95. The van der Waals surface area contributed by atoms with E-state index in [-0.39, 0.29) is 24.2 Å². The number of furan rings is 1. The summed E-state index contributed by atoms with van der Waals surface area (Å²) >= 11 is 0. The highest BCUT2D eigenvalue weighted by Crippen LogP contribution is 2.90. The van der Waals surface area contributed by atoms with Gasteiger partial charge in [0.15, 0.2) is 5.60 Å². The van der Waals surface area contributed by atoms with E-state index < -0.39 is 123 Å². The molecule has 326 valence electrons. The van der Waals surface area contributed by atoms with Crippen LogP contribution in [0.3, 0.4) is 0 Å². The number of fused-ring (bicyclic) bond motifs is 3. The van der Waals surface area contributed by atoms with Crippen LogP contribution in [0.15, 0.2) is 34.3 Å². The van der Waals surface area contributed by atoms with Gasteiger partial charge in [-0.05, 0) is 18.4 Å². The summed E-state index contributed by atoms with van der Waals surface area (Å²) in [7, 11) is 7.29. The second-order valence-electron chi connectivity index (χ2n) is 18.8. The third kappa shape index (κ3) is 4.40. The number of allylic oxidation sites excluding steroid dienone is 1. The fourth-order valence-electron chi connectivity index (χ4n) is 14.4. The molecule has 4 aliphatic carbocycles. The number of hydrogen-bond donors (Lipinski definition) is 0. The Labute approximate surface area is 344 Å². The Morgan fingerprint density at radius 1 is 0.864 bits per heavy atom. The molecule has 8 rings (SSSR count). The lowest BCUT2D eigenvalue weighted by Crippen LogP contribution is -2.97. The van der Waals surface area contributed by atoms with E-state index in [1.54, 1.807) is 26.8 Å². The van der Waals surface area contributed by atoms with Crippen LogP contribution in [0.4, 0.5) is 0 Å². The van der Waals surface area contributed by atoms with Crippen molar-refractivity contribution in [1.82, 2.24) is 0 Å². The summed E-state index contributed by atoms with van der Waals surface area (Å²) in [6, 6.07) is 1.68. The zero-order valence-corrected chi connectivity index (χ0v) is 36.4. The molecule has 2 spiro atoms. The molecular weight excluding hydrogens is 772 g/mol. The summed E-state index contributed by atoms with van der Waals surface area (Å²) in [6.45, 7) is 15.9. The average molecular weight is 831 g/mol. The molecule has 0 amide bonds. The minimum absolute atomic E-state index is 0.0852. The fraction of sp³-hybridized carbons (Fsp3) is 0.767. The molecule has 1 aromatic rings. The van der Waals surface area contributed by atoms with Gasteiger partial charge in [0.05, 0.1) is 43.7 Å². The van der Waals surface area contributed by atoms with Crippen LogP contribution < -0.4 is 0 Å². The second kappa shape index (κ2) is 13.0. The first kappa shape index (κ1) is 42.2. The Hall–Kier alpha value is -3.54. The van der Waals surface area contributed by atoms with Gasteiger partial charge in [0.2, 0.25) is 0 Å². The zero-order valence-electron chi connectivity index (χ0n) is 36.4. The molecule has 1 unspecified atom stereocenters. The number of carbonyl (C=O) groups is 4. The number of cyclic esters (lactones) is 1. The lowest BCUT2D eigenvalue weighted by Gasteiger charge is -2.79. The Balaban J connectivity index is 1.61. The molecule has 0 N–H and O–H groups in total. The van der Waals surface area contributed by atoms with E-state index in [2.05, 4.69) is 0 Å². The van der Waals surface area contributed by atoms with E-state index in [9.17, 15) is 14.4 Å². The Bertz CT molecular complexity index is 1980. The molecule has 15 atom stereocenters. The summed E-state index contributed by atoms with van der Waals surface area (Å²) < 4.78 is 79.9. The number of carbonyl (C=O) groups excluding carboxylic acids is 4. The van der Waals surface area contributed by atoms with E-state index in [1.807, 2.05) is 34.6 Å². The fourth-order valence-corrected chi connectivity index (χ4v) is 14.4. The summed E-state index contributed by atoms with van der Waals surface area (Å²) in [5.41, 5.74) is -10.5. The summed E-state index contributed by atoms with van der Waals surface area (Å²) in [4.78, 5) is 56.7. The average Bonchev–Trinajstić information content (AvgIpc) is 3.86. The number of esters is 4. The minimum Gasteiger partial charge on any atom is -0.500 e. The van der Waals surface area contributed by atoms with E-state index in [1.165, 1.54) is 55.0 Å². The van der Waals surface area contributed by atoms with Crippen molar-refractivity contribution in [1.29, 1.82) is 0 Å². The quantitative estimate of drug-likeness (QED) is 0.131. The molecule has 16 heteroatoms. The molecule has 0 aromatic carbocycles. The highest BCUT2D eigenvalue weighted by atomic mass is 16.9. The van der Waals surface area contributed by atoms with Crippen molar-refractivity contribution >= 4 is 23.9 Å². The number of methoxy groups -OCH3 is 5. The van der Waals surface area contributed by atoms with Crippen LogP contribution in [0.25, 0.3) is 0 Å². The van der Waals surface area contributed by atoms with Crippen molar-refractivity contribution in [3.8, 4) is 0 Å². The first-order valence-electron chi connectivity index (χ1n) is 20.3.